The molecular weight excluding hydrogens is 337 g/mol. The van der Waals surface area contributed by atoms with Gasteiger partial charge in [0, 0.05) is 18.8 Å². The van der Waals surface area contributed by atoms with Crippen molar-refractivity contribution < 1.29 is 18.7 Å². The van der Waals surface area contributed by atoms with Gasteiger partial charge in [-0.3, -0.25) is 9.59 Å². The number of amides is 2. The zero-order valence-electron chi connectivity index (χ0n) is 15.4. The zero-order chi connectivity index (χ0) is 18.7. The van der Waals surface area contributed by atoms with Gasteiger partial charge < -0.3 is 19.4 Å². The highest BCUT2D eigenvalue weighted by atomic mass is 19.1. The van der Waals surface area contributed by atoms with Crippen molar-refractivity contribution in [1.29, 1.82) is 0 Å². The molecule has 2 amide bonds. The van der Waals surface area contributed by atoms with Gasteiger partial charge in [0.2, 0.25) is 5.91 Å². The van der Waals surface area contributed by atoms with Crippen LogP contribution in [0.15, 0.2) is 24.3 Å². The van der Waals surface area contributed by atoms with E-state index in [-0.39, 0.29) is 24.2 Å². The molecule has 0 radical (unpaired) electrons. The molecule has 2 aliphatic rings. The lowest BCUT2D eigenvalue weighted by atomic mass is 9.92. The summed E-state index contributed by atoms with van der Waals surface area (Å²) in [6.07, 6.45) is 2.27. The van der Waals surface area contributed by atoms with Gasteiger partial charge in [-0.2, -0.15) is 0 Å². The van der Waals surface area contributed by atoms with Crippen molar-refractivity contribution in [2.75, 3.05) is 51.8 Å². The number of ether oxygens (including phenoxy) is 1. The van der Waals surface area contributed by atoms with Gasteiger partial charge in [0.15, 0.2) is 0 Å². The van der Waals surface area contributed by atoms with Crippen LogP contribution in [0.5, 0.6) is 0 Å². The van der Waals surface area contributed by atoms with Crippen molar-refractivity contribution in [2.24, 2.45) is 0 Å². The molecule has 1 unspecified atom stereocenters. The number of carbonyl (C=O) groups is 2. The van der Waals surface area contributed by atoms with Crippen LogP contribution in [-0.2, 0) is 14.3 Å². The first-order valence-corrected chi connectivity index (χ1v) is 9.01. The van der Waals surface area contributed by atoms with Gasteiger partial charge in [0.25, 0.3) is 5.91 Å². The molecule has 142 valence electrons. The number of hydrogen-bond acceptors (Lipinski definition) is 4. The lowest BCUT2D eigenvalue weighted by Crippen LogP contribution is -2.55. The van der Waals surface area contributed by atoms with E-state index in [0.717, 1.165) is 12.8 Å². The van der Waals surface area contributed by atoms with E-state index in [2.05, 4.69) is 0 Å². The Labute approximate surface area is 153 Å². The largest absolute Gasteiger partial charge is 0.363 e. The molecule has 1 spiro atoms. The van der Waals surface area contributed by atoms with E-state index in [1.807, 2.05) is 23.9 Å². The van der Waals surface area contributed by atoms with Crippen LogP contribution in [0.3, 0.4) is 0 Å². The predicted molar refractivity (Wildman–Crippen MR) is 96.4 cm³/mol. The number of nitrogens with zero attached hydrogens (tertiary/aromatic N) is 3. The summed E-state index contributed by atoms with van der Waals surface area (Å²) in [4.78, 5) is 30.0. The van der Waals surface area contributed by atoms with Crippen LogP contribution in [0.2, 0.25) is 0 Å². The zero-order valence-corrected chi connectivity index (χ0v) is 15.4. The highest BCUT2D eigenvalue weighted by Gasteiger charge is 2.42. The Morgan fingerprint density at radius 2 is 2.12 bits per heavy atom. The van der Waals surface area contributed by atoms with E-state index >= 15 is 0 Å². The van der Waals surface area contributed by atoms with Crippen LogP contribution in [0.4, 0.5) is 10.1 Å². The summed E-state index contributed by atoms with van der Waals surface area (Å²) in [5.41, 5.74) is 0.0790. The maximum absolute atomic E-state index is 13.6. The molecule has 7 heteroatoms. The normalized spacial score (nSPS) is 24.2. The smallest absolute Gasteiger partial charge is 0.253 e. The van der Waals surface area contributed by atoms with Crippen LogP contribution in [0, 0.1) is 5.82 Å². The van der Waals surface area contributed by atoms with Crippen molar-refractivity contribution in [3.05, 3.63) is 30.1 Å². The van der Waals surface area contributed by atoms with Crippen molar-refractivity contribution in [3.8, 4) is 0 Å². The van der Waals surface area contributed by atoms with Gasteiger partial charge in [-0.1, -0.05) is 6.07 Å². The van der Waals surface area contributed by atoms with Crippen LogP contribution >= 0.6 is 0 Å². The summed E-state index contributed by atoms with van der Waals surface area (Å²) in [6.45, 7) is 2.08. The third-order valence-corrected chi connectivity index (χ3v) is 5.07. The van der Waals surface area contributed by atoms with Crippen LogP contribution in [-0.4, -0.2) is 74.1 Å². The second-order valence-electron chi connectivity index (χ2n) is 7.40. The van der Waals surface area contributed by atoms with E-state index < -0.39 is 5.60 Å². The summed E-state index contributed by atoms with van der Waals surface area (Å²) >= 11 is 0. The highest BCUT2D eigenvalue weighted by molar-refractivity contribution is 5.95. The fraction of sp³-hybridized carbons (Fsp3) is 0.579. The Morgan fingerprint density at radius 3 is 2.85 bits per heavy atom. The number of anilines is 1. The van der Waals surface area contributed by atoms with E-state index in [4.69, 9.17) is 4.74 Å². The number of likely N-dealkylation sites (N-methyl/N-ethyl adjacent to an activating group) is 1. The van der Waals surface area contributed by atoms with Crippen molar-refractivity contribution in [1.82, 2.24) is 9.80 Å². The van der Waals surface area contributed by atoms with Gasteiger partial charge in [-0.05, 0) is 51.6 Å². The number of likely N-dealkylation sites (tertiary alicyclic amines) is 1. The Balaban J connectivity index is 1.72. The maximum Gasteiger partial charge on any atom is 0.253 e. The van der Waals surface area contributed by atoms with E-state index in [0.29, 0.717) is 38.3 Å². The molecule has 2 heterocycles. The summed E-state index contributed by atoms with van der Waals surface area (Å²) in [5, 5.41) is 0. The maximum atomic E-state index is 13.6. The van der Waals surface area contributed by atoms with Crippen LogP contribution in [0.1, 0.15) is 19.3 Å². The average molecular weight is 363 g/mol. The molecule has 0 N–H and O–H groups in total. The molecular formula is C19H26FN3O3. The first-order chi connectivity index (χ1) is 12.4. The Kier molecular flexibility index (Phi) is 5.58. The minimum absolute atomic E-state index is 0.0117. The first-order valence-electron chi connectivity index (χ1n) is 9.01. The van der Waals surface area contributed by atoms with Crippen LogP contribution in [0.25, 0.3) is 0 Å². The summed E-state index contributed by atoms with van der Waals surface area (Å²) in [7, 11) is 3.76. The lowest BCUT2D eigenvalue weighted by molar-refractivity contribution is -0.141. The average Bonchev–Trinajstić information content (AvgIpc) is 2.80. The van der Waals surface area contributed by atoms with E-state index in [1.54, 1.807) is 17.0 Å². The minimum Gasteiger partial charge on any atom is -0.363 e. The third-order valence-electron chi connectivity index (χ3n) is 5.07. The van der Waals surface area contributed by atoms with Gasteiger partial charge in [-0.15, -0.1) is 0 Å². The number of benzene rings is 1. The molecule has 2 aliphatic heterocycles. The molecule has 2 saturated heterocycles. The van der Waals surface area contributed by atoms with Gasteiger partial charge in [0.05, 0.1) is 18.7 Å². The molecule has 1 aromatic carbocycles. The molecule has 1 atom stereocenters. The van der Waals surface area contributed by atoms with Gasteiger partial charge >= 0.3 is 0 Å². The number of rotatable bonds is 3. The second-order valence-corrected chi connectivity index (χ2v) is 7.40. The molecule has 6 nitrogen and oxygen atoms in total. The van der Waals surface area contributed by atoms with E-state index in [9.17, 15) is 14.0 Å². The second kappa shape index (κ2) is 7.72. The van der Waals surface area contributed by atoms with Gasteiger partial charge in [0.1, 0.15) is 12.4 Å². The quantitative estimate of drug-likeness (QED) is 0.817. The molecule has 1 aromatic rings. The predicted octanol–water partition coefficient (Wildman–Crippen LogP) is 1.50. The molecule has 3 rings (SSSR count). The highest BCUT2D eigenvalue weighted by Crippen LogP contribution is 2.33. The topological polar surface area (TPSA) is 53.1 Å². The number of hydrogen-bond donors (Lipinski definition) is 0. The molecule has 26 heavy (non-hydrogen) atoms. The summed E-state index contributed by atoms with van der Waals surface area (Å²) < 4.78 is 19.5. The summed E-state index contributed by atoms with van der Waals surface area (Å²) in [5.74, 6) is -0.413. The lowest BCUT2D eigenvalue weighted by Gasteiger charge is -2.42. The fourth-order valence-electron chi connectivity index (χ4n) is 3.68. The molecule has 2 fully saturated rings. The molecule has 0 aromatic heterocycles. The molecule has 0 saturated carbocycles. The number of carbonyl (C=O) groups excluding carboxylic acids is 2. The Hall–Kier alpha value is -1.99. The monoisotopic (exact) mass is 363 g/mol. The van der Waals surface area contributed by atoms with Gasteiger partial charge in [-0.25, -0.2) is 4.39 Å². The number of morpholine rings is 1. The standard InChI is InChI=1S/C19H26FN3O3/c1-21(2)12-17(24)22-9-4-7-19(8-10-22)14-23(18(25)13-26-19)16-6-3-5-15(20)11-16/h3,5-6,11H,4,7-10,12-14H2,1-2H3. The molecule has 0 aliphatic carbocycles. The van der Waals surface area contributed by atoms with Crippen molar-refractivity contribution in [3.63, 3.8) is 0 Å². The fourth-order valence-corrected chi connectivity index (χ4v) is 3.68. The minimum atomic E-state index is -0.479. The first kappa shape index (κ1) is 18.8. The summed E-state index contributed by atoms with van der Waals surface area (Å²) in [6, 6.07) is 6.09. The Morgan fingerprint density at radius 1 is 1.31 bits per heavy atom. The van der Waals surface area contributed by atoms with Crippen LogP contribution < -0.4 is 4.90 Å². The van der Waals surface area contributed by atoms with Crippen molar-refractivity contribution in [2.45, 2.75) is 24.9 Å². The molecule has 0 bridgehead atoms. The van der Waals surface area contributed by atoms with Crippen molar-refractivity contribution >= 4 is 17.5 Å². The van der Waals surface area contributed by atoms with E-state index in [1.165, 1.54) is 12.1 Å². The number of halogens is 1. The third kappa shape index (κ3) is 4.22. The SMILES string of the molecule is CN(C)CC(=O)N1CCCC2(CC1)CN(c1cccc(F)c1)C(=O)CO2. The Bertz CT molecular complexity index is 682.